The van der Waals surface area contributed by atoms with E-state index in [1.54, 1.807) is 18.7 Å². The van der Waals surface area contributed by atoms with Crippen molar-refractivity contribution in [3.05, 3.63) is 11.3 Å². The Labute approximate surface area is 93.9 Å². The lowest BCUT2D eigenvalue weighted by molar-refractivity contribution is 0.877. The molecular weight excluding hydrogens is 208 g/mol. The van der Waals surface area contributed by atoms with Gasteiger partial charge in [-0.3, -0.25) is 0 Å². The fourth-order valence-corrected chi connectivity index (χ4v) is 1.89. The molecule has 0 bridgehead atoms. The van der Waals surface area contributed by atoms with Crippen LogP contribution in [0.2, 0.25) is 0 Å². The van der Waals surface area contributed by atoms with Crippen molar-refractivity contribution in [3.8, 4) is 6.07 Å². The molecule has 1 atom stereocenters. The van der Waals surface area contributed by atoms with Gasteiger partial charge in [0.2, 0.25) is 0 Å². The number of nitriles is 1. The zero-order valence-corrected chi connectivity index (χ0v) is 9.93. The quantitative estimate of drug-likeness (QED) is 0.626. The van der Waals surface area contributed by atoms with Crippen LogP contribution < -0.4 is 5.73 Å². The van der Waals surface area contributed by atoms with Gasteiger partial charge in [-0.2, -0.15) is 5.26 Å². The van der Waals surface area contributed by atoms with Crippen LogP contribution in [-0.4, -0.2) is 15.2 Å². The summed E-state index contributed by atoms with van der Waals surface area (Å²) in [5.74, 6) is 0.274. The number of nitrogens with two attached hydrogens (primary N) is 1. The zero-order chi connectivity index (χ0) is 11.4. The SMILES string of the molecule is CCC(C)Sc1nc(C)c(C#N)c(N)n1. The van der Waals surface area contributed by atoms with Crippen LogP contribution in [0.25, 0.3) is 0 Å². The van der Waals surface area contributed by atoms with E-state index in [-0.39, 0.29) is 5.82 Å². The highest BCUT2D eigenvalue weighted by molar-refractivity contribution is 7.99. The smallest absolute Gasteiger partial charge is 0.190 e. The normalized spacial score (nSPS) is 12.1. The van der Waals surface area contributed by atoms with Gasteiger partial charge in [0.25, 0.3) is 0 Å². The summed E-state index contributed by atoms with van der Waals surface area (Å²) >= 11 is 1.58. The highest BCUT2D eigenvalue weighted by Gasteiger charge is 2.10. The maximum Gasteiger partial charge on any atom is 0.190 e. The van der Waals surface area contributed by atoms with Gasteiger partial charge in [0.1, 0.15) is 17.5 Å². The van der Waals surface area contributed by atoms with Gasteiger partial charge in [-0.1, -0.05) is 25.6 Å². The van der Waals surface area contributed by atoms with Gasteiger partial charge in [-0.25, -0.2) is 9.97 Å². The third-order valence-electron chi connectivity index (χ3n) is 2.09. The molecule has 1 unspecified atom stereocenters. The number of aryl methyl sites for hydroxylation is 1. The van der Waals surface area contributed by atoms with Crippen molar-refractivity contribution in [2.45, 2.75) is 37.6 Å². The van der Waals surface area contributed by atoms with Gasteiger partial charge in [0, 0.05) is 5.25 Å². The van der Waals surface area contributed by atoms with Crippen LogP contribution in [0.5, 0.6) is 0 Å². The van der Waals surface area contributed by atoms with Crippen molar-refractivity contribution in [1.82, 2.24) is 9.97 Å². The van der Waals surface area contributed by atoms with E-state index in [2.05, 4.69) is 23.8 Å². The second kappa shape index (κ2) is 4.99. The first-order chi connectivity index (χ1) is 7.08. The summed E-state index contributed by atoms with van der Waals surface area (Å²) in [6.45, 7) is 5.99. The maximum absolute atomic E-state index is 8.80. The molecule has 0 spiro atoms. The van der Waals surface area contributed by atoms with Gasteiger partial charge in [0.05, 0.1) is 5.69 Å². The molecule has 0 saturated heterocycles. The van der Waals surface area contributed by atoms with Crippen LogP contribution in [0.1, 0.15) is 31.5 Å². The molecule has 0 fully saturated rings. The Morgan fingerprint density at radius 1 is 1.53 bits per heavy atom. The predicted molar refractivity (Wildman–Crippen MR) is 61.5 cm³/mol. The maximum atomic E-state index is 8.80. The van der Waals surface area contributed by atoms with Gasteiger partial charge in [0.15, 0.2) is 5.16 Å². The first kappa shape index (κ1) is 11.8. The Hall–Kier alpha value is -1.28. The zero-order valence-electron chi connectivity index (χ0n) is 9.11. The molecule has 1 aromatic rings. The molecule has 4 nitrogen and oxygen atoms in total. The molecule has 1 rings (SSSR count). The van der Waals surface area contributed by atoms with Crippen molar-refractivity contribution >= 4 is 17.6 Å². The van der Waals surface area contributed by atoms with E-state index in [1.807, 2.05) is 6.07 Å². The molecule has 0 aromatic carbocycles. The second-order valence-corrected chi connectivity index (χ2v) is 4.71. The topological polar surface area (TPSA) is 75.6 Å². The first-order valence-corrected chi connectivity index (χ1v) is 5.67. The molecule has 5 heteroatoms. The van der Waals surface area contributed by atoms with E-state index in [4.69, 9.17) is 11.0 Å². The van der Waals surface area contributed by atoms with Crippen LogP contribution in [0.3, 0.4) is 0 Å². The van der Waals surface area contributed by atoms with Crippen molar-refractivity contribution in [1.29, 1.82) is 5.26 Å². The second-order valence-electron chi connectivity index (χ2n) is 3.30. The summed E-state index contributed by atoms with van der Waals surface area (Å²) in [6.07, 6.45) is 1.05. The molecular formula is C10H14N4S. The molecule has 0 amide bonds. The molecule has 15 heavy (non-hydrogen) atoms. The van der Waals surface area contributed by atoms with Gasteiger partial charge in [-0.05, 0) is 13.3 Å². The summed E-state index contributed by atoms with van der Waals surface area (Å²) in [4.78, 5) is 8.34. The number of thioether (sulfide) groups is 1. The van der Waals surface area contributed by atoms with E-state index in [0.717, 1.165) is 6.42 Å². The van der Waals surface area contributed by atoms with Crippen molar-refractivity contribution in [2.75, 3.05) is 5.73 Å². The van der Waals surface area contributed by atoms with Gasteiger partial charge >= 0.3 is 0 Å². The Morgan fingerprint density at radius 3 is 2.67 bits per heavy atom. The minimum atomic E-state index is 0.274. The number of rotatable bonds is 3. The van der Waals surface area contributed by atoms with E-state index < -0.39 is 0 Å². The third kappa shape index (κ3) is 2.83. The Kier molecular flexibility index (Phi) is 3.92. The third-order valence-corrected chi connectivity index (χ3v) is 3.22. The van der Waals surface area contributed by atoms with Crippen LogP contribution >= 0.6 is 11.8 Å². The van der Waals surface area contributed by atoms with E-state index in [0.29, 0.717) is 21.7 Å². The Bertz CT molecular complexity index is 374. The number of aromatic nitrogens is 2. The lowest BCUT2D eigenvalue weighted by Crippen LogP contribution is -2.04. The van der Waals surface area contributed by atoms with Crippen molar-refractivity contribution < 1.29 is 0 Å². The number of hydrogen-bond acceptors (Lipinski definition) is 5. The molecule has 80 valence electrons. The molecule has 1 heterocycles. The van der Waals surface area contributed by atoms with E-state index in [9.17, 15) is 0 Å². The molecule has 0 saturated carbocycles. The number of nitrogens with zero attached hydrogens (tertiary/aromatic N) is 3. The number of nitrogen functional groups attached to an aromatic ring is 1. The standard InChI is InChI=1S/C10H14N4S/c1-4-6(2)15-10-13-7(3)8(5-11)9(12)14-10/h6H,4H2,1-3H3,(H2,12,13,14). The highest BCUT2D eigenvalue weighted by atomic mass is 32.2. The summed E-state index contributed by atoms with van der Waals surface area (Å²) < 4.78 is 0. The Balaban J connectivity index is 3.00. The summed E-state index contributed by atoms with van der Waals surface area (Å²) in [6, 6.07) is 2.00. The van der Waals surface area contributed by atoms with Crippen LogP contribution in [0.15, 0.2) is 5.16 Å². The van der Waals surface area contributed by atoms with E-state index >= 15 is 0 Å². The predicted octanol–water partition coefficient (Wildman–Crippen LogP) is 2.13. The highest BCUT2D eigenvalue weighted by Crippen LogP contribution is 2.24. The summed E-state index contributed by atoms with van der Waals surface area (Å²) in [5, 5.41) is 9.91. The van der Waals surface area contributed by atoms with Gasteiger partial charge < -0.3 is 5.73 Å². The van der Waals surface area contributed by atoms with Gasteiger partial charge in [-0.15, -0.1) is 0 Å². The van der Waals surface area contributed by atoms with Crippen molar-refractivity contribution in [2.24, 2.45) is 0 Å². The molecule has 2 N–H and O–H groups in total. The number of hydrogen-bond donors (Lipinski definition) is 1. The monoisotopic (exact) mass is 222 g/mol. The summed E-state index contributed by atoms with van der Waals surface area (Å²) in [7, 11) is 0. The molecule has 0 aliphatic carbocycles. The van der Waals surface area contributed by atoms with Crippen LogP contribution in [0, 0.1) is 18.3 Å². The van der Waals surface area contributed by atoms with Crippen LogP contribution in [-0.2, 0) is 0 Å². The molecule has 0 aliphatic heterocycles. The molecule has 0 aliphatic rings. The minimum Gasteiger partial charge on any atom is -0.382 e. The number of anilines is 1. The van der Waals surface area contributed by atoms with Crippen molar-refractivity contribution in [3.63, 3.8) is 0 Å². The van der Waals surface area contributed by atoms with E-state index in [1.165, 1.54) is 0 Å². The minimum absolute atomic E-state index is 0.274. The molecule has 1 aromatic heterocycles. The largest absolute Gasteiger partial charge is 0.382 e. The summed E-state index contributed by atoms with van der Waals surface area (Å²) in [5.41, 5.74) is 6.69. The first-order valence-electron chi connectivity index (χ1n) is 4.79. The average molecular weight is 222 g/mol. The van der Waals surface area contributed by atoms with Crippen LogP contribution in [0.4, 0.5) is 5.82 Å². The fourth-order valence-electron chi connectivity index (χ4n) is 1.02. The lowest BCUT2D eigenvalue weighted by Gasteiger charge is -2.08. The fraction of sp³-hybridized carbons (Fsp3) is 0.500. The molecule has 0 radical (unpaired) electrons. The Morgan fingerprint density at radius 2 is 2.20 bits per heavy atom. The lowest BCUT2D eigenvalue weighted by atomic mass is 10.2. The average Bonchev–Trinajstić information content (AvgIpc) is 2.17.